The average Bonchev–Trinajstić information content (AvgIpc) is 3.66. The predicted octanol–water partition coefficient (Wildman–Crippen LogP) is 14.9. The predicted molar refractivity (Wildman–Crippen MR) is 228 cm³/mol. The molecule has 0 heterocycles. The Kier molecular flexibility index (Phi) is 30.4. The van der Waals surface area contributed by atoms with Crippen molar-refractivity contribution in [2.75, 3.05) is 0 Å². The van der Waals surface area contributed by atoms with Gasteiger partial charge in [0.15, 0.2) is 0 Å². The fourth-order valence-corrected chi connectivity index (χ4v) is 4.32. The van der Waals surface area contributed by atoms with Crippen LogP contribution in [0.5, 0.6) is 0 Å². The van der Waals surface area contributed by atoms with Crippen molar-refractivity contribution in [3.63, 3.8) is 0 Å². The monoisotopic (exact) mass is 1090 g/mol. The third-order valence-corrected chi connectivity index (χ3v) is 7.65. The minimum absolute atomic E-state index is 0. The molecule has 0 aliphatic heterocycles. The topological polar surface area (TPSA) is 0 Å². The molecule has 4 aliphatic rings. The summed E-state index contributed by atoms with van der Waals surface area (Å²) in [5.41, 5.74) is 13.1. The fraction of sp³-hybridized carbons (Fsp3) is 0.636. The Morgan fingerprint density at radius 1 is 0.400 bits per heavy atom. The molecule has 0 aromatic rings. The van der Waals surface area contributed by atoms with Crippen LogP contribution in [0.1, 0.15) is 136 Å². The first-order valence-corrected chi connectivity index (χ1v) is 33.4. The molecule has 280 valence electrons. The quantitative estimate of drug-likeness (QED) is 0.168. The summed E-state index contributed by atoms with van der Waals surface area (Å²) in [6.45, 7) is 44.7. The Bertz CT molecular complexity index is 1130. The second-order valence-electron chi connectivity index (χ2n) is 17.8. The van der Waals surface area contributed by atoms with Gasteiger partial charge in [0.05, 0.1) is 0 Å². The zero-order chi connectivity index (χ0) is 38.3. The van der Waals surface area contributed by atoms with E-state index in [1.807, 2.05) is 0 Å². The second kappa shape index (κ2) is 26.5. The van der Waals surface area contributed by atoms with Crippen molar-refractivity contribution >= 4 is 35.8 Å². The maximum atomic E-state index is 3.30. The van der Waals surface area contributed by atoms with Gasteiger partial charge in [0.1, 0.15) is 0 Å². The summed E-state index contributed by atoms with van der Waals surface area (Å²) < 4.78 is 0. The fourth-order valence-electron chi connectivity index (χ4n) is 4.32. The number of rotatable bonds is 0. The molecular formula is C44H74Cl2Hf2Si2. The van der Waals surface area contributed by atoms with Crippen LogP contribution in [0.2, 0.25) is 26.2 Å². The van der Waals surface area contributed by atoms with E-state index < -0.39 is 0 Å². The second-order valence-corrected chi connectivity index (χ2v) is 43.4. The number of hydrogen-bond donors (Lipinski definition) is 0. The van der Waals surface area contributed by atoms with Gasteiger partial charge in [-0.25, -0.2) is 46.6 Å². The van der Waals surface area contributed by atoms with Gasteiger partial charge < -0.3 is 0 Å². The van der Waals surface area contributed by atoms with Crippen molar-refractivity contribution in [1.82, 2.24) is 0 Å². The standard InChI is InChI=1S/4C10H15.2C2H6Si.2ClH.2Hf/c4*1-8-5-6-9(7-8)10(2,3)4;2*1-3-2;;;;/h4*7H,6H2,1-4H3;2*1-2H3;2*1H;;/q4*-1;;;;;2*+2. The van der Waals surface area contributed by atoms with E-state index in [-0.39, 0.29) is 35.8 Å². The van der Waals surface area contributed by atoms with E-state index >= 15 is 0 Å². The third kappa shape index (κ3) is 30.1. The SMILES string of the molecule is CC1=[C-]CC(C(C)(C)C)=C1.CC1=[C-]CC(C(C)(C)C)=C1.CC1=[C-]CC(C(C)(C)C)=C1.CC1=[C-]CC(C(C)(C)C)=C1.C[Si](C)=[Hf+2].C[Si](C)=[Hf+2].Cl.Cl. The first kappa shape index (κ1) is 57.4. The van der Waals surface area contributed by atoms with Crippen LogP contribution >= 0.6 is 24.8 Å². The van der Waals surface area contributed by atoms with Crippen molar-refractivity contribution in [2.45, 2.75) is 163 Å². The Hall–Kier alpha value is 0.674. The number of hydrogen-bond acceptors (Lipinski definition) is 0. The van der Waals surface area contributed by atoms with Gasteiger partial charge in [0, 0.05) is 0 Å². The van der Waals surface area contributed by atoms with Crippen molar-refractivity contribution in [3.05, 3.63) is 93.2 Å². The van der Waals surface area contributed by atoms with Crippen LogP contribution in [-0.4, -0.2) is 11.0 Å². The number of halogens is 2. The van der Waals surface area contributed by atoms with E-state index in [0.29, 0.717) is 21.7 Å². The van der Waals surface area contributed by atoms with Crippen molar-refractivity contribution < 1.29 is 46.0 Å². The maximum absolute atomic E-state index is 3.30. The summed E-state index contributed by atoms with van der Waals surface area (Å²) in [5.74, 6) is 0. The molecule has 0 atom stereocenters. The molecule has 0 nitrogen and oxygen atoms in total. The Balaban J connectivity index is -0.000000260. The largest absolute Gasteiger partial charge is 0.147 e. The van der Waals surface area contributed by atoms with E-state index in [2.05, 4.69) is 186 Å². The first-order valence-electron chi connectivity index (χ1n) is 17.6. The summed E-state index contributed by atoms with van der Waals surface area (Å²) in [6.07, 6.45) is 26.3. The Morgan fingerprint density at radius 3 is 0.560 bits per heavy atom. The van der Waals surface area contributed by atoms with Crippen LogP contribution in [-0.2, 0) is 46.0 Å². The Labute approximate surface area is 355 Å². The van der Waals surface area contributed by atoms with Gasteiger partial charge in [0.2, 0.25) is 0 Å². The Morgan fingerprint density at radius 2 is 0.520 bits per heavy atom. The molecule has 4 rings (SSSR count). The van der Waals surface area contributed by atoms with Gasteiger partial charge in [-0.1, -0.05) is 111 Å². The molecule has 0 saturated heterocycles. The third-order valence-electron chi connectivity index (χ3n) is 7.65. The summed E-state index contributed by atoms with van der Waals surface area (Å²) in [4.78, 5) is 0. The van der Waals surface area contributed by atoms with Crippen LogP contribution in [0, 0.1) is 46.0 Å². The zero-order valence-electron chi connectivity index (χ0n) is 36.0. The molecule has 4 aliphatic carbocycles. The van der Waals surface area contributed by atoms with Crippen LogP contribution in [0.25, 0.3) is 0 Å². The molecule has 0 saturated carbocycles. The summed E-state index contributed by atoms with van der Waals surface area (Å²) in [6, 6.07) is 0. The van der Waals surface area contributed by atoms with Crippen LogP contribution < -0.4 is 0 Å². The smallest absolute Gasteiger partial charge is 0.147 e. The number of allylic oxidation sites excluding steroid dienone is 16. The summed E-state index contributed by atoms with van der Waals surface area (Å²) in [7, 11) is 0. The minimum Gasteiger partial charge on any atom is -0.147 e. The van der Waals surface area contributed by atoms with Crippen LogP contribution in [0.15, 0.2) is 68.9 Å². The normalized spacial score (nSPS) is 16.2. The van der Waals surface area contributed by atoms with E-state index in [4.69, 9.17) is 0 Å². The van der Waals surface area contributed by atoms with Crippen LogP contribution in [0.4, 0.5) is 0 Å². The zero-order valence-corrected chi connectivity index (χ0v) is 46.8. The molecule has 0 aromatic carbocycles. The molecule has 0 amide bonds. The van der Waals surface area contributed by atoms with E-state index in [1.54, 1.807) is 0 Å². The molecule has 0 aromatic heterocycles. The van der Waals surface area contributed by atoms with Gasteiger partial charge >= 0.3 is 83.2 Å². The maximum Gasteiger partial charge on any atom is -0.147 e. The van der Waals surface area contributed by atoms with Gasteiger partial charge in [-0.15, -0.1) is 50.5 Å². The molecule has 0 bridgehead atoms. The van der Waals surface area contributed by atoms with Gasteiger partial charge in [-0.2, -0.15) is 22.3 Å². The molecule has 0 spiro atoms. The van der Waals surface area contributed by atoms with Gasteiger partial charge in [0.25, 0.3) is 0 Å². The molecule has 50 heavy (non-hydrogen) atoms. The van der Waals surface area contributed by atoms with Crippen molar-refractivity contribution in [3.8, 4) is 0 Å². The molecular weight excluding hydrogens is 1010 g/mol. The van der Waals surface area contributed by atoms with Crippen LogP contribution in [0.3, 0.4) is 0 Å². The van der Waals surface area contributed by atoms with Gasteiger partial charge in [-0.3, -0.25) is 24.3 Å². The van der Waals surface area contributed by atoms with E-state index in [0.717, 1.165) is 25.7 Å². The van der Waals surface area contributed by atoms with E-state index in [9.17, 15) is 0 Å². The minimum atomic E-state index is 0. The molecule has 0 fully saturated rings. The first-order chi connectivity index (χ1) is 21.5. The average molecular weight is 1090 g/mol. The summed E-state index contributed by atoms with van der Waals surface area (Å²) in [5, 5.41) is 0. The molecule has 0 radical (unpaired) electrons. The van der Waals surface area contributed by atoms with Crippen molar-refractivity contribution in [2.24, 2.45) is 21.7 Å². The molecule has 0 unspecified atom stereocenters. The van der Waals surface area contributed by atoms with Gasteiger partial charge in [-0.05, 0) is 21.7 Å². The summed E-state index contributed by atoms with van der Waals surface area (Å²) >= 11 is 2.90. The van der Waals surface area contributed by atoms with Crippen molar-refractivity contribution in [1.29, 1.82) is 0 Å². The van der Waals surface area contributed by atoms with E-state index in [1.165, 1.54) is 90.6 Å². The molecule has 0 N–H and O–H groups in total. The molecule has 6 heteroatoms.